The number of aryl methyl sites for hydroxylation is 1. The molecule has 0 amide bonds. The largest absolute Gasteiger partial charge is 0.329 e. The van der Waals surface area contributed by atoms with Gasteiger partial charge in [0.2, 0.25) is 0 Å². The first-order valence-corrected chi connectivity index (χ1v) is 6.55. The lowest BCUT2D eigenvalue weighted by Crippen LogP contribution is -1.99. The summed E-state index contributed by atoms with van der Waals surface area (Å²) in [6.45, 7) is 5.20. The summed E-state index contributed by atoms with van der Waals surface area (Å²) in [7, 11) is 0. The second-order valence-electron chi connectivity index (χ2n) is 3.80. The Balaban J connectivity index is 2.49. The molecule has 3 heteroatoms. The molecule has 1 aromatic carbocycles. The predicted molar refractivity (Wildman–Crippen MR) is 70.7 cm³/mol. The van der Waals surface area contributed by atoms with Gasteiger partial charge in [-0.3, -0.25) is 0 Å². The molecular formula is C13H15BrN2. The van der Waals surface area contributed by atoms with Gasteiger partial charge in [-0.2, -0.15) is 0 Å². The van der Waals surface area contributed by atoms with E-state index in [0.29, 0.717) is 0 Å². The van der Waals surface area contributed by atoms with Crippen molar-refractivity contribution >= 4 is 15.9 Å². The summed E-state index contributed by atoms with van der Waals surface area (Å²) in [5.74, 6) is 1.06. The summed E-state index contributed by atoms with van der Waals surface area (Å²) in [6.07, 6.45) is 1.93. The summed E-state index contributed by atoms with van der Waals surface area (Å²) in [6, 6.07) is 8.49. The highest BCUT2D eigenvalue weighted by atomic mass is 79.9. The molecule has 0 aliphatic heterocycles. The molecule has 0 fully saturated rings. The monoisotopic (exact) mass is 278 g/mol. The third kappa shape index (κ3) is 2.05. The van der Waals surface area contributed by atoms with Gasteiger partial charge in [-0.05, 0) is 25.5 Å². The fraction of sp³-hybridized carbons (Fsp3) is 0.308. The first-order chi connectivity index (χ1) is 7.76. The maximum atomic E-state index is 4.48. The summed E-state index contributed by atoms with van der Waals surface area (Å²) >= 11 is 3.48. The van der Waals surface area contributed by atoms with Crippen LogP contribution < -0.4 is 0 Å². The van der Waals surface area contributed by atoms with E-state index in [1.54, 1.807) is 0 Å². The second kappa shape index (κ2) is 4.83. The van der Waals surface area contributed by atoms with Crippen molar-refractivity contribution in [3.63, 3.8) is 0 Å². The van der Waals surface area contributed by atoms with Gasteiger partial charge < -0.3 is 4.57 Å². The van der Waals surface area contributed by atoms with Gasteiger partial charge in [-0.25, -0.2) is 4.98 Å². The zero-order valence-corrected chi connectivity index (χ0v) is 11.2. The number of halogens is 1. The number of hydrogen-bond donors (Lipinski definition) is 0. The van der Waals surface area contributed by atoms with Crippen LogP contribution in [0.15, 0.2) is 30.5 Å². The van der Waals surface area contributed by atoms with Gasteiger partial charge in [0, 0.05) is 29.3 Å². The highest BCUT2D eigenvalue weighted by Crippen LogP contribution is 2.21. The topological polar surface area (TPSA) is 17.8 Å². The van der Waals surface area contributed by atoms with Gasteiger partial charge in [-0.1, -0.05) is 34.1 Å². The highest BCUT2D eigenvalue weighted by molar-refractivity contribution is 9.08. The molecule has 1 aromatic heterocycles. The quantitative estimate of drug-likeness (QED) is 0.782. The van der Waals surface area contributed by atoms with Gasteiger partial charge in [-0.15, -0.1) is 0 Å². The average molecular weight is 279 g/mol. The lowest BCUT2D eigenvalue weighted by Gasteiger charge is -2.07. The summed E-state index contributed by atoms with van der Waals surface area (Å²) in [5.41, 5.74) is 3.68. The summed E-state index contributed by atoms with van der Waals surface area (Å²) in [5, 5.41) is 0.882. The maximum absolute atomic E-state index is 4.48. The standard InChI is InChI=1S/C13H15BrN2/c1-3-16-10(2)9-15-13(16)12-6-4-5-11(7-12)8-14/h4-7,9H,3,8H2,1-2H3. The lowest BCUT2D eigenvalue weighted by molar-refractivity contribution is 0.746. The molecule has 0 saturated carbocycles. The fourth-order valence-corrected chi connectivity index (χ4v) is 2.23. The zero-order valence-electron chi connectivity index (χ0n) is 9.57. The van der Waals surface area contributed by atoms with E-state index < -0.39 is 0 Å². The average Bonchev–Trinajstić information content (AvgIpc) is 2.70. The molecule has 2 aromatic rings. The van der Waals surface area contributed by atoms with Gasteiger partial charge in [0.05, 0.1) is 0 Å². The SMILES string of the molecule is CCn1c(C)cnc1-c1cccc(CBr)c1. The van der Waals surface area contributed by atoms with Crippen molar-refractivity contribution in [2.24, 2.45) is 0 Å². The van der Waals surface area contributed by atoms with Crippen LogP contribution in [0, 0.1) is 6.92 Å². The Kier molecular flexibility index (Phi) is 3.44. The van der Waals surface area contributed by atoms with Gasteiger partial charge in [0.1, 0.15) is 5.82 Å². The minimum atomic E-state index is 0.882. The molecule has 0 unspecified atom stereocenters. The van der Waals surface area contributed by atoms with Crippen LogP contribution >= 0.6 is 15.9 Å². The lowest BCUT2D eigenvalue weighted by atomic mass is 10.1. The Bertz CT molecular complexity index is 488. The smallest absolute Gasteiger partial charge is 0.140 e. The zero-order chi connectivity index (χ0) is 11.5. The number of aromatic nitrogens is 2. The molecule has 0 bridgehead atoms. The number of imidazole rings is 1. The summed E-state index contributed by atoms with van der Waals surface area (Å²) in [4.78, 5) is 4.48. The van der Waals surface area contributed by atoms with E-state index in [0.717, 1.165) is 17.7 Å². The van der Waals surface area contributed by atoms with Crippen molar-refractivity contribution in [2.45, 2.75) is 25.7 Å². The normalized spacial score (nSPS) is 10.7. The molecule has 0 atom stereocenters. The van der Waals surface area contributed by atoms with Gasteiger partial charge in [0.25, 0.3) is 0 Å². The van der Waals surface area contributed by atoms with Crippen LogP contribution in [0.25, 0.3) is 11.4 Å². The number of benzene rings is 1. The fourth-order valence-electron chi connectivity index (χ4n) is 1.88. The van der Waals surface area contributed by atoms with E-state index in [1.165, 1.54) is 16.8 Å². The third-order valence-corrected chi connectivity index (χ3v) is 3.36. The first kappa shape index (κ1) is 11.4. The van der Waals surface area contributed by atoms with Crippen molar-refractivity contribution in [3.05, 3.63) is 41.7 Å². The Labute approximate surface area is 104 Å². The van der Waals surface area contributed by atoms with E-state index in [1.807, 2.05) is 6.20 Å². The van der Waals surface area contributed by atoms with Crippen molar-refractivity contribution in [3.8, 4) is 11.4 Å². The molecule has 0 aliphatic carbocycles. The molecule has 2 rings (SSSR count). The molecule has 84 valence electrons. The van der Waals surface area contributed by atoms with Gasteiger partial charge in [0.15, 0.2) is 0 Å². The van der Waals surface area contributed by atoms with Crippen molar-refractivity contribution in [2.75, 3.05) is 0 Å². The predicted octanol–water partition coefficient (Wildman–Crippen LogP) is 3.77. The van der Waals surface area contributed by atoms with Crippen LogP contribution in [0.3, 0.4) is 0 Å². The Morgan fingerprint density at radius 1 is 1.38 bits per heavy atom. The molecule has 1 heterocycles. The molecule has 0 spiro atoms. The highest BCUT2D eigenvalue weighted by Gasteiger charge is 2.07. The molecule has 2 nitrogen and oxygen atoms in total. The van der Waals surface area contributed by atoms with Crippen LogP contribution in [0.1, 0.15) is 18.2 Å². The third-order valence-electron chi connectivity index (χ3n) is 2.71. The molecular weight excluding hydrogens is 264 g/mol. The van der Waals surface area contributed by atoms with E-state index in [9.17, 15) is 0 Å². The van der Waals surface area contributed by atoms with E-state index in [-0.39, 0.29) is 0 Å². The van der Waals surface area contributed by atoms with Crippen LogP contribution in [0.2, 0.25) is 0 Å². The second-order valence-corrected chi connectivity index (χ2v) is 4.36. The molecule has 0 N–H and O–H groups in total. The molecule has 0 radical (unpaired) electrons. The van der Waals surface area contributed by atoms with Crippen LogP contribution in [-0.2, 0) is 11.9 Å². The van der Waals surface area contributed by atoms with E-state index in [2.05, 4.69) is 63.6 Å². The summed E-state index contributed by atoms with van der Waals surface area (Å²) < 4.78 is 2.23. The molecule has 0 aliphatic rings. The Hall–Kier alpha value is -1.09. The Morgan fingerprint density at radius 3 is 2.88 bits per heavy atom. The number of hydrogen-bond acceptors (Lipinski definition) is 1. The van der Waals surface area contributed by atoms with E-state index >= 15 is 0 Å². The minimum absolute atomic E-state index is 0.882. The van der Waals surface area contributed by atoms with Crippen LogP contribution in [0.5, 0.6) is 0 Å². The minimum Gasteiger partial charge on any atom is -0.329 e. The van der Waals surface area contributed by atoms with Crippen molar-refractivity contribution in [1.29, 1.82) is 0 Å². The molecule has 16 heavy (non-hydrogen) atoms. The maximum Gasteiger partial charge on any atom is 0.140 e. The van der Waals surface area contributed by atoms with Crippen LogP contribution in [0.4, 0.5) is 0 Å². The van der Waals surface area contributed by atoms with E-state index in [4.69, 9.17) is 0 Å². The first-order valence-electron chi connectivity index (χ1n) is 5.43. The van der Waals surface area contributed by atoms with Crippen molar-refractivity contribution < 1.29 is 0 Å². The molecule has 0 saturated heterocycles. The van der Waals surface area contributed by atoms with Crippen molar-refractivity contribution in [1.82, 2.24) is 9.55 Å². The van der Waals surface area contributed by atoms with Gasteiger partial charge >= 0.3 is 0 Å². The van der Waals surface area contributed by atoms with Crippen LogP contribution in [-0.4, -0.2) is 9.55 Å². The Morgan fingerprint density at radius 2 is 2.19 bits per heavy atom. The number of alkyl halides is 1. The number of rotatable bonds is 3. The number of nitrogens with zero attached hydrogens (tertiary/aromatic N) is 2.